The van der Waals surface area contributed by atoms with Gasteiger partial charge in [-0.15, -0.1) is 0 Å². The van der Waals surface area contributed by atoms with Crippen molar-refractivity contribution in [2.24, 2.45) is 0 Å². The van der Waals surface area contributed by atoms with Gasteiger partial charge in [0.15, 0.2) is 0 Å². The molecule has 0 spiro atoms. The van der Waals surface area contributed by atoms with Crippen LogP contribution in [-0.4, -0.2) is 13.0 Å². The molecule has 0 radical (unpaired) electrons. The van der Waals surface area contributed by atoms with E-state index in [1.165, 1.54) is 0 Å². The van der Waals surface area contributed by atoms with Crippen molar-refractivity contribution in [3.05, 3.63) is 54.1 Å². The van der Waals surface area contributed by atoms with Gasteiger partial charge in [-0.1, -0.05) is 30.3 Å². The Balaban J connectivity index is 2.15. The monoisotopic (exact) mass is 239 g/mol. The largest absolute Gasteiger partial charge is 0.495 e. The molecule has 1 aliphatic heterocycles. The average molecular weight is 239 g/mol. The van der Waals surface area contributed by atoms with E-state index in [2.05, 4.69) is 0 Å². The SMILES string of the molecule is COc1ccccc1N1C(=O)Cc2ccccc21. The maximum atomic E-state index is 12.2. The van der Waals surface area contributed by atoms with Gasteiger partial charge in [-0.2, -0.15) is 0 Å². The van der Waals surface area contributed by atoms with E-state index in [4.69, 9.17) is 4.74 Å². The highest BCUT2D eigenvalue weighted by Crippen LogP contribution is 2.39. The highest BCUT2D eigenvalue weighted by molar-refractivity contribution is 6.08. The third-order valence-corrected chi connectivity index (χ3v) is 3.15. The minimum atomic E-state index is 0.0840. The molecule has 0 atom stereocenters. The predicted molar refractivity (Wildman–Crippen MR) is 70.3 cm³/mol. The zero-order valence-electron chi connectivity index (χ0n) is 10.1. The molecule has 0 aromatic heterocycles. The minimum Gasteiger partial charge on any atom is -0.495 e. The first-order valence-corrected chi connectivity index (χ1v) is 5.85. The van der Waals surface area contributed by atoms with Crippen LogP contribution < -0.4 is 9.64 Å². The summed E-state index contributed by atoms with van der Waals surface area (Å²) in [5.74, 6) is 0.795. The lowest BCUT2D eigenvalue weighted by Gasteiger charge is -2.20. The molecule has 3 rings (SSSR count). The average Bonchev–Trinajstić information content (AvgIpc) is 2.74. The fraction of sp³-hybridized carbons (Fsp3) is 0.133. The second-order valence-corrected chi connectivity index (χ2v) is 4.21. The van der Waals surface area contributed by atoms with Gasteiger partial charge in [0.25, 0.3) is 0 Å². The number of fused-ring (bicyclic) bond motifs is 1. The normalized spacial score (nSPS) is 13.6. The third kappa shape index (κ3) is 1.56. The maximum Gasteiger partial charge on any atom is 0.236 e. The van der Waals surface area contributed by atoms with Crippen LogP contribution in [-0.2, 0) is 11.2 Å². The summed E-state index contributed by atoms with van der Waals surface area (Å²) in [6, 6.07) is 15.4. The number of amides is 1. The first-order valence-electron chi connectivity index (χ1n) is 5.85. The summed E-state index contributed by atoms with van der Waals surface area (Å²) in [6.07, 6.45) is 0.453. The fourth-order valence-corrected chi connectivity index (χ4v) is 2.33. The molecule has 90 valence electrons. The van der Waals surface area contributed by atoms with E-state index in [0.29, 0.717) is 12.2 Å². The fourth-order valence-electron chi connectivity index (χ4n) is 2.33. The van der Waals surface area contributed by atoms with Gasteiger partial charge in [0, 0.05) is 0 Å². The standard InChI is InChI=1S/C15H13NO2/c1-18-14-9-5-4-8-13(14)16-12-7-3-2-6-11(12)10-15(16)17/h2-9H,10H2,1H3. The Morgan fingerprint density at radius 3 is 2.44 bits per heavy atom. The lowest BCUT2D eigenvalue weighted by Crippen LogP contribution is -2.21. The van der Waals surface area contributed by atoms with Gasteiger partial charge in [-0.3, -0.25) is 9.69 Å². The molecule has 2 aromatic rings. The van der Waals surface area contributed by atoms with Gasteiger partial charge in [0.05, 0.1) is 24.9 Å². The number of para-hydroxylation sites is 3. The zero-order valence-corrected chi connectivity index (χ0v) is 10.1. The number of benzene rings is 2. The van der Waals surface area contributed by atoms with Crippen LogP contribution in [0, 0.1) is 0 Å². The first-order chi connectivity index (χ1) is 8.81. The summed E-state index contributed by atoms with van der Waals surface area (Å²) in [4.78, 5) is 13.9. The van der Waals surface area contributed by atoms with Crippen molar-refractivity contribution in [1.82, 2.24) is 0 Å². The number of carbonyl (C=O) groups is 1. The summed E-state index contributed by atoms with van der Waals surface area (Å²) in [7, 11) is 1.62. The van der Waals surface area contributed by atoms with E-state index >= 15 is 0 Å². The minimum absolute atomic E-state index is 0.0840. The van der Waals surface area contributed by atoms with Gasteiger partial charge in [0.2, 0.25) is 5.91 Å². The Labute approximate surface area is 106 Å². The molecule has 1 heterocycles. The van der Waals surface area contributed by atoms with E-state index in [1.807, 2.05) is 48.5 Å². The number of rotatable bonds is 2. The highest BCUT2D eigenvalue weighted by atomic mass is 16.5. The predicted octanol–water partition coefficient (Wildman–Crippen LogP) is 2.92. The quantitative estimate of drug-likeness (QED) is 0.806. The van der Waals surface area contributed by atoms with Crippen molar-refractivity contribution in [3.8, 4) is 5.75 Å². The number of ether oxygens (including phenoxy) is 1. The van der Waals surface area contributed by atoms with Crippen LogP contribution in [0.15, 0.2) is 48.5 Å². The van der Waals surface area contributed by atoms with Gasteiger partial charge in [-0.05, 0) is 23.8 Å². The zero-order chi connectivity index (χ0) is 12.5. The molecule has 0 bridgehead atoms. The number of hydrogen-bond acceptors (Lipinski definition) is 2. The van der Waals surface area contributed by atoms with Crippen molar-refractivity contribution in [2.45, 2.75) is 6.42 Å². The van der Waals surface area contributed by atoms with Crippen molar-refractivity contribution >= 4 is 17.3 Å². The molecule has 0 saturated carbocycles. The highest BCUT2D eigenvalue weighted by Gasteiger charge is 2.29. The second-order valence-electron chi connectivity index (χ2n) is 4.21. The van der Waals surface area contributed by atoms with Crippen LogP contribution in [0.25, 0.3) is 0 Å². The smallest absolute Gasteiger partial charge is 0.236 e. The molecule has 3 nitrogen and oxygen atoms in total. The molecule has 0 N–H and O–H groups in total. The van der Waals surface area contributed by atoms with Crippen LogP contribution >= 0.6 is 0 Å². The van der Waals surface area contributed by atoms with Crippen molar-refractivity contribution in [1.29, 1.82) is 0 Å². The van der Waals surface area contributed by atoms with Gasteiger partial charge in [0.1, 0.15) is 5.75 Å². The van der Waals surface area contributed by atoms with Crippen molar-refractivity contribution in [2.75, 3.05) is 12.0 Å². The topological polar surface area (TPSA) is 29.5 Å². The maximum absolute atomic E-state index is 12.2. The Hall–Kier alpha value is -2.29. The molecule has 3 heteroatoms. The van der Waals surface area contributed by atoms with Crippen LogP contribution in [0.4, 0.5) is 11.4 Å². The number of hydrogen-bond donors (Lipinski definition) is 0. The Kier molecular flexibility index (Phi) is 2.52. The summed E-state index contributed by atoms with van der Waals surface area (Å²) < 4.78 is 5.33. The van der Waals surface area contributed by atoms with Crippen LogP contribution in [0.5, 0.6) is 5.75 Å². The second kappa shape index (κ2) is 4.18. The van der Waals surface area contributed by atoms with Gasteiger partial charge >= 0.3 is 0 Å². The summed E-state index contributed by atoms with van der Waals surface area (Å²) >= 11 is 0. The molecule has 1 amide bonds. The van der Waals surface area contributed by atoms with Crippen molar-refractivity contribution in [3.63, 3.8) is 0 Å². The van der Waals surface area contributed by atoms with Gasteiger partial charge in [-0.25, -0.2) is 0 Å². The molecule has 0 unspecified atom stereocenters. The lowest BCUT2D eigenvalue weighted by molar-refractivity contribution is -0.116. The molecule has 0 aliphatic carbocycles. The summed E-state index contributed by atoms with van der Waals surface area (Å²) in [5, 5.41) is 0. The molecule has 0 fully saturated rings. The van der Waals surface area contributed by atoms with Crippen LogP contribution in [0.3, 0.4) is 0 Å². The molecular formula is C15H13NO2. The first kappa shape index (κ1) is 10.8. The third-order valence-electron chi connectivity index (χ3n) is 3.15. The van der Waals surface area contributed by atoms with E-state index in [0.717, 1.165) is 16.9 Å². The van der Waals surface area contributed by atoms with E-state index in [9.17, 15) is 4.79 Å². The van der Waals surface area contributed by atoms with Gasteiger partial charge < -0.3 is 4.74 Å². The lowest BCUT2D eigenvalue weighted by atomic mass is 10.2. The Bertz CT molecular complexity index is 607. The van der Waals surface area contributed by atoms with Crippen LogP contribution in [0.2, 0.25) is 0 Å². The number of methoxy groups -OCH3 is 1. The molecule has 2 aromatic carbocycles. The molecule has 0 saturated heterocycles. The molecular weight excluding hydrogens is 226 g/mol. The van der Waals surface area contributed by atoms with E-state index < -0.39 is 0 Å². The Morgan fingerprint density at radius 2 is 1.67 bits per heavy atom. The van der Waals surface area contributed by atoms with E-state index in [-0.39, 0.29) is 5.91 Å². The number of carbonyl (C=O) groups excluding carboxylic acids is 1. The number of anilines is 2. The summed E-state index contributed by atoms with van der Waals surface area (Å²) in [5.41, 5.74) is 2.82. The van der Waals surface area contributed by atoms with Crippen LogP contribution in [0.1, 0.15) is 5.56 Å². The molecule has 18 heavy (non-hydrogen) atoms. The van der Waals surface area contributed by atoms with E-state index in [1.54, 1.807) is 12.0 Å². The van der Waals surface area contributed by atoms with Crippen molar-refractivity contribution < 1.29 is 9.53 Å². The molecule has 1 aliphatic rings. The Morgan fingerprint density at radius 1 is 1.00 bits per heavy atom. The number of nitrogens with zero attached hydrogens (tertiary/aromatic N) is 1. The summed E-state index contributed by atoms with van der Waals surface area (Å²) in [6.45, 7) is 0.